The number of hydrogen-bond acceptors (Lipinski definition) is 6. The summed E-state index contributed by atoms with van der Waals surface area (Å²) in [5.41, 5.74) is 3.26. The van der Waals surface area contributed by atoms with Crippen molar-refractivity contribution >= 4 is 52.8 Å². The largest absolute Gasteiger partial charge is 0.337 e. The molecule has 0 amide bonds. The number of imidazole rings is 1. The van der Waals surface area contributed by atoms with Gasteiger partial charge in [-0.2, -0.15) is 13.5 Å². The number of nitrogens with one attached hydrogen (secondary N) is 3. The Labute approximate surface area is 184 Å². The van der Waals surface area contributed by atoms with Crippen molar-refractivity contribution < 1.29 is 16.8 Å². The van der Waals surface area contributed by atoms with E-state index in [1.54, 1.807) is 25.1 Å². The van der Waals surface area contributed by atoms with Crippen LogP contribution in [-0.4, -0.2) is 41.9 Å². The highest BCUT2D eigenvalue weighted by Crippen LogP contribution is 2.30. The number of allylic oxidation sites excluding steroid dienone is 4. The van der Waals surface area contributed by atoms with Gasteiger partial charge in [0.05, 0.1) is 26.3 Å². The van der Waals surface area contributed by atoms with Crippen LogP contribution in [0.5, 0.6) is 0 Å². The molecule has 0 spiro atoms. The van der Waals surface area contributed by atoms with Crippen molar-refractivity contribution in [2.45, 2.75) is 6.92 Å². The zero-order valence-electron chi connectivity index (χ0n) is 16.7. The van der Waals surface area contributed by atoms with Crippen molar-refractivity contribution in [2.75, 3.05) is 4.72 Å². The standard InChI is InChI=1S/C21H17N5O4S2/c1-12-18(31(27)28)7-4-8-19(12)32(29,30)26-13-9-10-15-14(11-13)20(25-24-15)21-22-16-5-2-3-6-17(16)23-21/h2-12,26H,1H3,(H,22,23)(H,24,25). The second-order valence-corrected chi connectivity index (χ2v) is 9.95. The first-order valence-electron chi connectivity index (χ1n) is 9.64. The van der Waals surface area contributed by atoms with Crippen LogP contribution in [-0.2, 0) is 20.3 Å². The number of rotatable bonds is 4. The van der Waals surface area contributed by atoms with Crippen LogP contribution in [0.2, 0.25) is 0 Å². The van der Waals surface area contributed by atoms with Crippen LogP contribution in [0.4, 0.5) is 5.69 Å². The van der Waals surface area contributed by atoms with E-state index < -0.39 is 26.2 Å². The SMILES string of the molecule is CC1C(S(=O)(=O)Nc2ccc3[nH]nc(-c4nc5ccccc5[nH]4)c3c2)=CC=CC1=S(=O)=O. The van der Waals surface area contributed by atoms with E-state index in [1.165, 1.54) is 18.2 Å². The maximum absolute atomic E-state index is 13.0. The second kappa shape index (κ2) is 7.46. The number of hydrogen-bond donors (Lipinski definition) is 3. The van der Waals surface area contributed by atoms with Gasteiger partial charge in [0.15, 0.2) is 5.82 Å². The van der Waals surface area contributed by atoms with E-state index in [0.717, 1.165) is 11.0 Å². The molecule has 0 fully saturated rings. The third-order valence-electron chi connectivity index (χ3n) is 5.31. The second-order valence-electron chi connectivity index (χ2n) is 7.33. The van der Waals surface area contributed by atoms with Crippen LogP contribution in [0.25, 0.3) is 33.5 Å². The van der Waals surface area contributed by atoms with Crippen molar-refractivity contribution in [3.63, 3.8) is 0 Å². The molecule has 0 bridgehead atoms. The monoisotopic (exact) mass is 467 g/mol. The van der Waals surface area contributed by atoms with E-state index in [-0.39, 0.29) is 9.77 Å². The lowest BCUT2D eigenvalue weighted by Gasteiger charge is -2.18. The lowest BCUT2D eigenvalue weighted by atomic mass is 10.0. The van der Waals surface area contributed by atoms with Crippen molar-refractivity contribution in [1.29, 1.82) is 0 Å². The quantitative estimate of drug-likeness (QED) is 0.395. The first kappa shape index (κ1) is 20.2. The Bertz CT molecular complexity index is 1650. The van der Waals surface area contributed by atoms with Gasteiger partial charge in [0, 0.05) is 17.0 Å². The first-order valence-corrected chi connectivity index (χ1v) is 12.2. The molecule has 0 saturated heterocycles. The number of fused-ring (bicyclic) bond motifs is 2. The van der Waals surface area contributed by atoms with Gasteiger partial charge in [-0.1, -0.05) is 25.1 Å². The number of sulfonamides is 1. The highest BCUT2D eigenvalue weighted by Gasteiger charge is 2.28. The number of para-hydroxylation sites is 2. The lowest BCUT2D eigenvalue weighted by molar-refractivity contribution is 0.603. The minimum atomic E-state index is -3.99. The van der Waals surface area contributed by atoms with Gasteiger partial charge in [-0.05, 0) is 42.5 Å². The summed E-state index contributed by atoms with van der Waals surface area (Å²) < 4.78 is 51.4. The molecular formula is C21H17N5O4S2. The van der Waals surface area contributed by atoms with Crippen molar-refractivity contribution in [2.24, 2.45) is 5.92 Å². The highest BCUT2D eigenvalue weighted by atomic mass is 32.2. The molecule has 1 aliphatic rings. The van der Waals surface area contributed by atoms with Crippen LogP contribution in [0.1, 0.15) is 6.92 Å². The van der Waals surface area contributed by atoms with Crippen LogP contribution in [0.15, 0.2) is 65.6 Å². The number of aromatic amines is 2. The molecule has 0 saturated carbocycles. The number of H-pyrrole nitrogens is 2. The van der Waals surface area contributed by atoms with Gasteiger partial charge >= 0.3 is 0 Å². The van der Waals surface area contributed by atoms with Crippen molar-refractivity contribution in [3.8, 4) is 11.5 Å². The molecule has 3 N–H and O–H groups in total. The molecular weight excluding hydrogens is 450 g/mol. The molecule has 2 aromatic carbocycles. The zero-order valence-corrected chi connectivity index (χ0v) is 18.3. The fourth-order valence-corrected chi connectivity index (χ4v) is 5.81. The summed E-state index contributed by atoms with van der Waals surface area (Å²) >= 11 is 0. The molecule has 0 radical (unpaired) electrons. The smallest absolute Gasteiger partial charge is 0.258 e. The predicted molar refractivity (Wildman–Crippen MR) is 124 cm³/mol. The van der Waals surface area contributed by atoms with E-state index in [4.69, 9.17) is 0 Å². The fourth-order valence-electron chi connectivity index (χ4n) is 3.73. The van der Waals surface area contributed by atoms with E-state index >= 15 is 0 Å². The fraction of sp³-hybridized carbons (Fsp3) is 0.0952. The number of anilines is 1. The molecule has 1 aliphatic carbocycles. The van der Waals surface area contributed by atoms with Crippen LogP contribution in [0, 0.1) is 5.92 Å². The zero-order chi connectivity index (χ0) is 22.5. The molecule has 1 atom stereocenters. The van der Waals surface area contributed by atoms with E-state index in [9.17, 15) is 16.8 Å². The molecule has 0 aliphatic heterocycles. The van der Waals surface area contributed by atoms with E-state index in [0.29, 0.717) is 28.1 Å². The highest BCUT2D eigenvalue weighted by molar-refractivity contribution is 7.96. The minimum Gasteiger partial charge on any atom is -0.337 e. The van der Waals surface area contributed by atoms with Crippen LogP contribution < -0.4 is 4.72 Å². The van der Waals surface area contributed by atoms with E-state index in [2.05, 4.69) is 24.9 Å². The Hall–Kier alpha value is -3.70. The first-order chi connectivity index (χ1) is 15.3. The summed E-state index contributed by atoms with van der Waals surface area (Å²) in [7, 11) is -6.49. The topological polar surface area (TPSA) is 138 Å². The Kier molecular flexibility index (Phi) is 4.72. The van der Waals surface area contributed by atoms with Gasteiger partial charge in [0.1, 0.15) is 5.69 Å². The predicted octanol–water partition coefficient (Wildman–Crippen LogP) is 2.99. The van der Waals surface area contributed by atoms with Crippen molar-refractivity contribution in [3.05, 3.63) is 65.6 Å². The molecule has 2 heterocycles. The molecule has 11 heteroatoms. The van der Waals surface area contributed by atoms with Crippen LogP contribution in [0.3, 0.4) is 0 Å². The molecule has 9 nitrogen and oxygen atoms in total. The maximum Gasteiger partial charge on any atom is 0.258 e. The maximum atomic E-state index is 13.0. The Balaban J connectivity index is 1.53. The van der Waals surface area contributed by atoms with Gasteiger partial charge in [-0.25, -0.2) is 13.4 Å². The number of aromatic nitrogens is 4. The lowest BCUT2D eigenvalue weighted by Crippen LogP contribution is -2.25. The summed E-state index contributed by atoms with van der Waals surface area (Å²) in [6, 6.07) is 12.6. The summed E-state index contributed by atoms with van der Waals surface area (Å²) in [4.78, 5) is 7.78. The summed E-state index contributed by atoms with van der Waals surface area (Å²) in [5.74, 6) is -0.233. The normalized spacial score (nSPS) is 16.5. The Morgan fingerprint density at radius 2 is 1.91 bits per heavy atom. The van der Waals surface area contributed by atoms with Gasteiger partial charge in [-0.15, -0.1) is 0 Å². The summed E-state index contributed by atoms with van der Waals surface area (Å²) in [5, 5.41) is 7.95. The van der Waals surface area contributed by atoms with Gasteiger partial charge in [0.25, 0.3) is 10.0 Å². The summed E-state index contributed by atoms with van der Waals surface area (Å²) in [6.07, 6.45) is 4.21. The average molecular weight is 468 g/mol. The Morgan fingerprint density at radius 1 is 1.09 bits per heavy atom. The Morgan fingerprint density at radius 3 is 2.69 bits per heavy atom. The third kappa shape index (κ3) is 3.41. The molecule has 4 aromatic rings. The molecule has 1 unspecified atom stereocenters. The molecule has 2 aromatic heterocycles. The summed E-state index contributed by atoms with van der Waals surface area (Å²) in [6.45, 7) is 1.54. The minimum absolute atomic E-state index is 0.0188. The molecule has 32 heavy (non-hydrogen) atoms. The third-order valence-corrected chi connectivity index (χ3v) is 7.80. The van der Waals surface area contributed by atoms with Gasteiger partial charge in [0.2, 0.25) is 10.3 Å². The molecule has 5 rings (SSSR count). The van der Waals surface area contributed by atoms with Gasteiger partial charge in [-0.3, -0.25) is 9.82 Å². The van der Waals surface area contributed by atoms with Gasteiger partial charge < -0.3 is 4.98 Å². The van der Waals surface area contributed by atoms with Crippen LogP contribution >= 0.6 is 0 Å². The van der Waals surface area contributed by atoms with E-state index in [1.807, 2.05) is 24.3 Å². The number of benzene rings is 2. The molecule has 162 valence electrons. The van der Waals surface area contributed by atoms with Crippen molar-refractivity contribution in [1.82, 2.24) is 20.2 Å². The average Bonchev–Trinajstić information content (AvgIpc) is 3.36. The number of nitrogens with zero attached hydrogens (tertiary/aromatic N) is 2.